The zero-order chi connectivity index (χ0) is 15.0. The largest absolute Gasteiger partial charge is 0.496 e. The molecule has 1 aliphatic carbocycles. The molecule has 1 N–H and O–H groups in total. The minimum absolute atomic E-state index is 0.546. The van der Waals surface area contributed by atoms with E-state index in [0.29, 0.717) is 11.7 Å². The molecule has 1 saturated carbocycles. The quantitative estimate of drug-likeness (QED) is 0.902. The van der Waals surface area contributed by atoms with Gasteiger partial charge < -0.3 is 10.1 Å². The average molecular weight is 348 g/mol. The van der Waals surface area contributed by atoms with E-state index in [1.807, 2.05) is 26.1 Å². The molecule has 3 rings (SSSR count). The first kappa shape index (κ1) is 14.3. The third-order valence-corrected chi connectivity index (χ3v) is 4.46. The summed E-state index contributed by atoms with van der Waals surface area (Å²) >= 11 is 3.62. The van der Waals surface area contributed by atoms with Crippen molar-refractivity contribution in [3.8, 4) is 17.1 Å². The fraction of sp³-hybridized carbons (Fsp3) is 0.375. The van der Waals surface area contributed by atoms with E-state index in [-0.39, 0.29) is 0 Å². The fourth-order valence-corrected chi connectivity index (χ4v) is 3.06. The van der Waals surface area contributed by atoms with E-state index in [1.165, 1.54) is 12.8 Å². The molecule has 1 heterocycles. The molecule has 0 amide bonds. The minimum atomic E-state index is 0.546. The van der Waals surface area contributed by atoms with Crippen molar-refractivity contribution in [2.45, 2.75) is 25.7 Å². The lowest BCUT2D eigenvalue weighted by Crippen LogP contribution is -2.03. The average Bonchev–Trinajstić information content (AvgIpc) is 3.32. The Kier molecular flexibility index (Phi) is 3.85. The number of halogens is 1. The summed E-state index contributed by atoms with van der Waals surface area (Å²) in [6.07, 6.45) is 2.40. The van der Waals surface area contributed by atoms with Crippen molar-refractivity contribution in [3.63, 3.8) is 0 Å². The van der Waals surface area contributed by atoms with Crippen molar-refractivity contribution in [2.75, 3.05) is 19.5 Å². The Bertz CT molecular complexity index is 683. The summed E-state index contributed by atoms with van der Waals surface area (Å²) < 4.78 is 6.46. The summed E-state index contributed by atoms with van der Waals surface area (Å²) in [4.78, 5) is 9.39. The van der Waals surface area contributed by atoms with Crippen LogP contribution in [0.3, 0.4) is 0 Å². The normalized spacial score (nSPS) is 14.1. The van der Waals surface area contributed by atoms with Gasteiger partial charge in [-0.05, 0) is 53.4 Å². The van der Waals surface area contributed by atoms with E-state index in [2.05, 4.69) is 32.3 Å². The minimum Gasteiger partial charge on any atom is -0.496 e. The van der Waals surface area contributed by atoms with Crippen molar-refractivity contribution in [2.24, 2.45) is 0 Å². The Hall–Kier alpha value is -1.62. The molecule has 0 radical (unpaired) electrons. The highest BCUT2D eigenvalue weighted by Crippen LogP contribution is 2.44. The Balaban J connectivity index is 2.16. The molecule has 0 atom stereocenters. The number of ether oxygens (including phenoxy) is 1. The van der Waals surface area contributed by atoms with Crippen LogP contribution in [0.5, 0.6) is 5.75 Å². The predicted molar refractivity (Wildman–Crippen MR) is 88.0 cm³/mol. The molecule has 5 heteroatoms. The van der Waals surface area contributed by atoms with Crippen LogP contribution in [-0.2, 0) is 0 Å². The van der Waals surface area contributed by atoms with Gasteiger partial charge in [0.1, 0.15) is 11.6 Å². The molecular formula is C16H18BrN3O. The number of aryl methyl sites for hydroxylation is 1. The topological polar surface area (TPSA) is 47.0 Å². The zero-order valence-electron chi connectivity index (χ0n) is 12.4. The SMILES string of the molecule is CNc1nc(-c2ccc(C)cc2OC)nc(C2CC2)c1Br. The maximum absolute atomic E-state index is 5.49. The van der Waals surface area contributed by atoms with Gasteiger partial charge in [0.05, 0.1) is 22.8 Å². The van der Waals surface area contributed by atoms with Gasteiger partial charge in [0.25, 0.3) is 0 Å². The van der Waals surface area contributed by atoms with Crippen LogP contribution in [0.15, 0.2) is 22.7 Å². The summed E-state index contributed by atoms with van der Waals surface area (Å²) in [7, 11) is 3.55. The third kappa shape index (κ3) is 2.75. The second-order valence-corrected chi connectivity index (χ2v) is 6.12. The van der Waals surface area contributed by atoms with Crippen LogP contribution in [-0.4, -0.2) is 24.1 Å². The second-order valence-electron chi connectivity index (χ2n) is 5.32. The van der Waals surface area contributed by atoms with Crippen molar-refractivity contribution in [1.29, 1.82) is 0 Å². The van der Waals surface area contributed by atoms with Crippen LogP contribution in [0.4, 0.5) is 5.82 Å². The van der Waals surface area contributed by atoms with Gasteiger partial charge in [-0.1, -0.05) is 6.07 Å². The molecule has 0 unspecified atom stereocenters. The van der Waals surface area contributed by atoms with Gasteiger partial charge in [0.2, 0.25) is 0 Å². The monoisotopic (exact) mass is 347 g/mol. The van der Waals surface area contributed by atoms with E-state index < -0.39 is 0 Å². The van der Waals surface area contributed by atoms with Crippen molar-refractivity contribution >= 4 is 21.7 Å². The predicted octanol–water partition coefficient (Wildman–Crippen LogP) is 4.14. The number of rotatable bonds is 4. The molecule has 1 fully saturated rings. The van der Waals surface area contributed by atoms with E-state index >= 15 is 0 Å². The van der Waals surface area contributed by atoms with Crippen LogP contribution >= 0.6 is 15.9 Å². The first-order chi connectivity index (χ1) is 10.1. The lowest BCUT2D eigenvalue weighted by Gasteiger charge is -2.13. The molecular weight excluding hydrogens is 330 g/mol. The smallest absolute Gasteiger partial charge is 0.165 e. The first-order valence-electron chi connectivity index (χ1n) is 7.04. The highest BCUT2D eigenvalue weighted by Gasteiger charge is 2.29. The number of benzene rings is 1. The highest BCUT2D eigenvalue weighted by atomic mass is 79.9. The van der Waals surface area contributed by atoms with Crippen molar-refractivity contribution in [1.82, 2.24) is 9.97 Å². The Morgan fingerprint density at radius 2 is 2.05 bits per heavy atom. The second kappa shape index (κ2) is 5.64. The maximum Gasteiger partial charge on any atom is 0.165 e. The number of nitrogens with zero attached hydrogens (tertiary/aromatic N) is 2. The van der Waals surface area contributed by atoms with Crippen LogP contribution < -0.4 is 10.1 Å². The van der Waals surface area contributed by atoms with Gasteiger partial charge in [-0.2, -0.15) is 0 Å². The zero-order valence-corrected chi connectivity index (χ0v) is 14.0. The van der Waals surface area contributed by atoms with E-state index in [9.17, 15) is 0 Å². The fourth-order valence-electron chi connectivity index (χ4n) is 2.36. The van der Waals surface area contributed by atoms with E-state index in [4.69, 9.17) is 9.72 Å². The number of hydrogen-bond acceptors (Lipinski definition) is 4. The lowest BCUT2D eigenvalue weighted by molar-refractivity contribution is 0.416. The third-order valence-electron chi connectivity index (χ3n) is 3.68. The molecule has 21 heavy (non-hydrogen) atoms. The molecule has 1 aromatic carbocycles. The van der Waals surface area contributed by atoms with Gasteiger partial charge in [0.15, 0.2) is 5.82 Å². The summed E-state index contributed by atoms with van der Waals surface area (Å²) in [6, 6.07) is 6.09. The molecule has 0 saturated heterocycles. The molecule has 1 aliphatic rings. The van der Waals surface area contributed by atoms with Crippen LogP contribution in [0, 0.1) is 6.92 Å². The maximum atomic E-state index is 5.49. The number of nitrogens with one attached hydrogen (secondary N) is 1. The lowest BCUT2D eigenvalue weighted by atomic mass is 10.1. The summed E-state index contributed by atoms with van der Waals surface area (Å²) in [6.45, 7) is 2.05. The molecule has 4 nitrogen and oxygen atoms in total. The molecule has 0 spiro atoms. The Labute approximate surface area is 133 Å². The Morgan fingerprint density at radius 3 is 2.67 bits per heavy atom. The van der Waals surface area contributed by atoms with Gasteiger partial charge >= 0.3 is 0 Å². The molecule has 2 aromatic rings. The van der Waals surface area contributed by atoms with Gasteiger partial charge in [-0.15, -0.1) is 0 Å². The molecule has 1 aromatic heterocycles. The van der Waals surface area contributed by atoms with Crippen LogP contribution in [0.1, 0.15) is 30.0 Å². The highest BCUT2D eigenvalue weighted by molar-refractivity contribution is 9.10. The number of anilines is 1. The number of methoxy groups -OCH3 is 1. The van der Waals surface area contributed by atoms with E-state index in [0.717, 1.165) is 32.9 Å². The number of hydrogen-bond donors (Lipinski definition) is 1. The molecule has 110 valence electrons. The van der Waals surface area contributed by atoms with Gasteiger partial charge in [0, 0.05) is 13.0 Å². The van der Waals surface area contributed by atoms with Crippen LogP contribution in [0.2, 0.25) is 0 Å². The van der Waals surface area contributed by atoms with Crippen molar-refractivity contribution in [3.05, 3.63) is 33.9 Å². The molecule has 0 bridgehead atoms. The van der Waals surface area contributed by atoms with Crippen molar-refractivity contribution < 1.29 is 4.74 Å². The van der Waals surface area contributed by atoms with Gasteiger partial charge in [-0.25, -0.2) is 9.97 Å². The summed E-state index contributed by atoms with van der Waals surface area (Å²) in [5.41, 5.74) is 3.17. The Morgan fingerprint density at radius 1 is 1.29 bits per heavy atom. The molecule has 0 aliphatic heterocycles. The first-order valence-corrected chi connectivity index (χ1v) is 7.83. The standard InChI is InChI=1S/C16H18BrN3O/c1-9-4-7-11(12(8-9)21-3)15-19-14(10-5-6-10)13(17)16(18-2)20-15/h4,7-8,10H,5-6H2,1-3H3,(H,18,19,20). The van der Waals surface area contributed by atoms with Crippen LogP contribution in [0.25, 0.3) is 11.4 Å². The van der Waals surface area contributed by atoms with Gasteiger partial charge in [-0.3, -0.25) is 0 Å². The number of aromatic nitrogens is 2. The summed E-state index contributed by atoms with van der Waals surface area (Å²) in [5.74, 6) is 2.89. The van der Waals surface area contributed by atoms with E-state index in [1.54, 1.807) is 7.11 Å². The summed E-state index contributed by atoms with van der Waals surface area (Å²) in [5, 5.41) is 3.14.